The molecule has 0 aromatic carbocycles. The van der Waals surface area contributed by atoms with Crippen LogP contribution in [0.1, 0.15) is 10.7 Å². The summed E-state index contributed by atoms with van der Waals surface area (Å²) < 4.78 is 2.52. The maximum Gasteiger partial charge on any atom is 0.195 e. The molecule has 0 bridgehead atoms. The molecule has 0 aliphatic heterocycles. The van der Waals surface area contributed by atoms with Crippen molar-refractivity contribution in [2.45, 2.75) is 13.5 Å². The average molecular weight is 289 g/mol. The van der Waals surface area contributed by atoms with E-state index in [1.54, 1.807) is 23.7 Å². The van der Waals surface area contributed by atoms with Gasteiger partial charge in [0, 0.05) is 23.3 Å². The van der Waals surface area contributed by atoms with E-state index >= 15 is 0 Å². The first-order chi connectivity index (χ1) is 9.24. The van der Waals surface area contributed by atoms with E-state index in [9.17, 15) is 0 Å². The molecule has 1 N–H and O–H groups in total. The minimum atomic E-state index is 0.588. The minimum absolute atomic E-state index is 0.588. The third kappa shape index (κ3) is 2.47. The monoisotopic (exact) mass is 289 g/mol. The van der Waals surface area contributed by atoms with Crippen molar-refractivity contribution in [3.63, 3.8) is 0 Å². The van der Waals surface area contributed by atoms with Crippen LogP contribution in [0.5, 0.6) is 0 Å². The van der Waals surface area contributed by atoms with Crippen molar-refractivity contribution in [1.29, 1.82) is 0 Å². The van der Waals surface area contributed by atoms with Crippen LogP contribution in [-0.4, -0.2) is 24.7 Å². The average Bonchev–Trinajstić information content (AvgIpc) is 2.99. The van der Waals surface area contributed by atoms with Gasteiger partial charge in [-0.2, -0.15) is 5.10 Å². The van der Waals surface area contributed by atoms with Gasteiger partial charge >= 0.3 is 0 Å². The fourth-order valence-corrected chi connectivity index (χ4v) is 2.62. The zero-order chi connectivity index (χ0) is 13.2. The first kappa shape index (κ1) is 12.2. The largest absolute Gasteiger partial charge is 0.294 e. The predicted octanol–water partition coefficient (Wildman–Crippen LogP) is 2.82. The minimum Gasteiger partial charge on any atom is -0.294 e. The van der Waals surface area contributed by atoms with E-state index in [4.69, 9.17) is 12.2 Å². The molecule has 96 valence electrons. The van der Waals surface area contributed by atoms with Gasteiger partial charge in [0.05, 0.1) is 17.2 Å². The summed E-state index contributed by atoms with van der Waals surface area (Å²) in [5.74, 6) is 0.781. The van der Waals surface area contributed by atoms with Crippen LogP contribution >= 0.6 is 23.6 Å². The van der Waals surface area contributed by atoms with Crippen molar-refractivity contribution >= 4 is 23.6 Å². The Labute approximate surface area is 119 Å². The number of aromatic nitrogens is 5. The molecule has 0 aliphatic carbocycles. The third-order valence-corrected chi connectivity index (χ3v) is 3.80. The van der Waals surface area contributed by atoms with Crippen molar-refractivity contribution in [2.24, 2.45) is 0 Å². The van der Waals surface area contributed by atoms with Crippen molar-refractivity contribution < 1.29 is 0 Å². The number of aryl methyl sites for hydroxylation is 1. The molecule has 0 aliphatic rings. The Morgan fingerprint density at radius 3 is 3.05 bits per heavy atom. The van der Waals surface area contributed by atoms with Gasteiger partial charge < -0.3 is 0 Å². The van der Waals surface area contributed by atoms with E-state index in [0.717, 1.165) is 22.1 Å². The Kier molecular flexibility index (Phi) is 3.22. The Balaban J connectivity index is 2.02. The third-order valence-electron chi connectivity index (χ3n) is 2.66. The first-order valence-corrected chi connectivity index (χ1v) is 6.99. The summed E-state index contributed by atoms with van der Waals surface area (Å²) in [6.45, 7) is 2.61. The molecule has 0 atom stereocenters. The number of pyridine rings is 1. The van der Waals surface area contributed by atoms with Crippen molar-refractivity contribution in [3.8, 4) is 11.4 Å². The second-order valence-electron chi connectivity index (χ2n) is 4.04. The summed E-state index contributed by atoms with van der Waals surface area (Å²) in [5, 5.41) is 10.2. The lowest BCUT2D eigenvalue weighted by Gasteiger charge is -2.04. The van der Waals surface area contributed by atoms with Crippen molar-refractivity contribution in [3.05, 3.63) is 45.4 Å². The van der Waals surface area contributed by atoms with Gasteiger partial charge in [-0.15, -0.1) is 11.3 Å². The van der Waals surface area contributed by atoms with Crippen LogP contribution in [0.15, 0.2) is 29.9 Å². The number of thiazole rings is 1. The zero-order valence-corrected chi connectivity index (χ0v) is 11.8. The van der Waals surface area contributed by atoms with Crippen LogP contribution in [-0.2, 0) is 6.54 Å². The van der Waals surface area contributed by atoms with Gasteiger partial charge in [0.15, 0.2) is 10.6 Å². The number of nitrogens with zero attached hydrogens (tertiary/aromatic N) is 4. The smallest absolute Gasteiger partial charge is 0.195 e. The Bertz CT molecular complexity index is 741. The molecule has 3 aromatic heterocycles. The number of hydrogen-bond donors (Lipinski definition) is 1. The molecule has 7 heteroatoms. The van der Waals surface area contributed by atoms with E-state index in [1.165, 1.54) is 0 Å². The molecule has 0 radical (unpaired) electrons. The van der Waals surface area contributed by atoms with Crippen LogP contribution in [0.4, 0.5) is 0 Å². The summed E-state index contributed by atoms with van der Waals surface area (Å²) >= 11 is 6.91. The van der Waals surface area contributed by atoms with Gasteiger partial charge in [-0.3, -0.25) is 14.6 Å². The molecule has 0 unspecified atom stereocenters. The standard InChI is InChI=1S/C12H11N5S2/c1-8-14-10(7-19-8)6-17-11(15-16-12(17)18)9-3-2-4-13-5-9/h2-5,7H,6H2,1H3,(H,16,18). The van der Waals surface area contributed by atoms with Gasteiger partial charge in [-0.1, -0.05) is 0 Å². The maximum atomic E-state index is 5.28. The van der Waals surface area contributed by atoms with Crippen LogP contribution in [0.2, 0.25) is 0 Å². The van der Waals surface area contributed by atoms with Gasteiger partial charge in [0.2, 0.25) is 0 Å². The number of H-pyrrole nitrogens is 1. The second kappa shape index (κ2) is 5.02. The topological polar surface area (TPSA) is 59.4 Å². The Morgan fingerprint density at radius 1 is 1.47 bits per heavy atom. The van der Waals surface area contributed by atoms with E-state index in [1.807, 2.05) is 29.0 Å². The van der Waals surface area contributed by atoms with E-state index in [0.29, 0.717) is 11.3 Å². The Hall–Kier alpha value is -1.86. The molecule has 3 heterocycles. The molecule has 3 aromatic rings. The zero-order valence-electron chi connectivity index (χ0n) is 10.2. The summed E-state index contributed by atoms with van der Waals surface area (Å²) in [7, 11) is 0. The molecule has 5 nitrogen and oxygen atoms in total. The van der Waals surface area contributed by atoms with E-state index in [-0.39, 0.29) is 0 Å². The second-order valence-corrected chi connectivity index (χ2v) is 5.49. The summed E-state index contributed by atoms with van der Waals surface area (Å²) in [6.07, 6.45) is 3.51. The normalized spacial score (nSPS) is 10.8. The lowest BCUT2D eigenvalue weighted by Crippen LogP contribution is -2.03. The molecule has 0 saturated heterocycles. The molecule has 0 fully saturated rings. The molecule has 19 heavy (non-hydrogen) atoms. The lowest BCUT2D eigenvalue weighted by atomic mass is 10.2. The lowest BCUT2D eigenvalue weighted by molar-refractivity contribution is 0.770. The quantitative estimate of drug-likeness (QED) is 0.753. The molecular weight excluding hydrogens is 278 g/mol. The molecule has 0 amide bonds. The highest BCUT2D eigenvalue weighted by Crippen LogP contribution is 2.18. The van der Waals surface area contributed by atoms with Gasteiger partial charge in [0.1, 0.15) is 0 Å². The van der Waals surface area contributed by atoms with Crippen molar-refractivity contribution in [1.82, 2.24) is 24.7 Å². The summed E-state index contributed by atoms with van der Waals surface area (Å²) in [6, 6.07) is 3.84. The van der Waals surface area contributed by atoms with Gasteiger partial charge in [-0.25, -0.2) is 4.98 Å². The number of aromatic amines is 1. The summed E-state index contributed by atoms with van der Waals surface area (Å²) in [5.41, 5.74) is 1.92. The van der Waals surface area contributed by atoms with Crippen LogP contribution < -0.4 is 0 Å². The molecule has 0 saturated carbocycles. The molecule has 3 rings (SSSR count). The number of rotatable bonds is 3. The van der Waals surface area contributed by atoms with E-state index in [2.05, 4.69) is 20.2 Å². The first-order valence-electron chi connectivity index (χ1n) is 5.70. The highest BCUT2D eigenvalue weighted by atomic mass is 32.1. The fraction of sp³-hybridized carbons (Fsp3) is 0.167. The van der Waals surface area contributed by atoms with Crippen molar-refractivity contribution in [2.75, 3.05) is 0 Å². The van der Waals surface area contributed by atoms with Gasteiger partial charge in [-0.05, 0) is 31.3 Å². The van der Waals surface area contributed by atoms with Gasteiger partial charge in [0.25, 0.3) is 0 Å². The van der Waals surface area contributed by atoms with Crippen LogP contribution in [0.3, 0.4) is 0 Å². The SMILES string of the molecule is Cc1nc(Cn2c(-c3cccnc3)n[nH]c2=S)cs1. The number of hydrogen-bond acceptors (Lipinski definition) is 5. The maximum absolute atomic E-state index is 5.28. The molecule has 0 spiro atoms. The highest BCUT2D eigenvalue weighted by molar-refractivity contribution is 7.71. The summed E-state index contributed by atoms with van der Waals surface area (Å²) in [4.78, 5) is 8.56. The highest BCUT2D eigenvalue weighted by Gasteiger charge is 2.10. The van der Waals surface area contributed by atoms with Crippen LogP contribution in [0, 0.1) is 11.7 Å². The predicted molar refractivity (Wildman–Crippen MR) is 76.6 cm³/mol. The molecular formula is C12H11N5S2. The van der Waals surface area contributed by atoms with E-state index < -0.39 is 0 Å². The number of nitrogens with one attached hydrogen (secondary N) is 1. The Morgan fingerprint density at radius 2 is 2.37 bits per heavy atom. The fourth-order valence-electron chi connectivity index (χ4n) is 1.82. The van der Waals surface area contributed by atoms with Crippen LogP contribution in [0.25, 0.3) is 11.4 Å².